The van der Waals surface area contributed by atoms with Crippen LogP contribution in [0.15, 0.2) is 46.6 Å². The minimum atomic E-state index is -1.11. The van der Waals surface area contributed by atoms with E-state index in [9.17, 15) is 19.1 Å². The van der Waals surface area contributed by atoms with Crippen molar-refractivity contribution in [1.82, 2.24) is 9.55 Å². The molecule has 28 heavy (non-hydrogen) atoms. The van der Waals surface area contributed by atoms with Crippen LogP contribution in [0.5, 0.6) is 0 Å². The Morgan fingerprint density at radius 1 is 1.36 bits per heavy atom. The highest BCUT2D eigenvalue weighted by atomic mass is 32.1. The minimum Gasteiger partial charge on any atom is -0.480 e. The van der Waals surface area contributed by atoms with Crippen molar-refractivity contribution in [3.63, 3.8) is 0 Å². The van der Waals surface area contributed by atoms with Crippen LogP contribution in [0.25, 0.3) is 10.7 Å². The van der Waals surface area contributed by atoms with E-state index in [1.54, 1.807) is 12.1 Å². The second-order valence-electron chi connectivity index (χ2n) is 6.98. The highest BCUT2D eigenvalue weighted by Gasteiger charge is 2.34. The van der Waals surface area contributed by atoms with Crippen LogP contribution < -0.4 is 10.9 Å². The van der Waals surface area contributed by atoms with Gasteiger partial charge in [0.2, 0.25) is 0 Å². The molecule has 0 bridgehead atoms. The van der Waals surface area contributed by atoms with Gasteiger partial charge in [0.15, 0.2) is 5.82 Å². The van der Waals surface area contributed by atoms with Crippen molar-refractivity contribution in [3.8, 4) is 10.7 Å². The molecule has 3 aromatic rings. The van der Waals surface area contributed by atoms with Gasteiger partial charge in [-0.2, -0.15) is 0 Å². The van der Waals surface area contributed by atoms with Crippen LogP contribution in [0.2, 0.25) is 0 Å². The lowest BCUT2D eigenvalue weighted by Crippen LogP contribution is -2.41. The monoisotopic (exact) mass is 399 g/mol. The summed E-state index contributed by atoms with van der Waals surface area (Å²) in [6, 6.07) is 9.81. The molecule has 0 aliphatic carbocycles. The number of carbonyl (C=O) groups is 1. The number of rotatable bonds is 4. The van der Waals surface area contributed by atoms with Gasteiger partial charge in [0, 0.05) is 0 Å². The zero-order chi connectivity index (χ0) is 19.9. The first-order chi connectivity index (χ1) is 13.4. The van der Waals surface area contributed by atoms with Crippen molar-refractivity contribution in [2.45, 2.75) is 31.8 Å². The van der Waals surface area contributed by atoms with E-state index in [2.05, 4.69) is 10.3 Å². The average molecular weight is 399 g/mol. The smallest absolute Gasteiger partial charge is 0.323 e. The number of nitrogens with one attached hydrogen (secondary N) is 1. The molecular weight excluding hydrogens is 381 g/mol. The maximum Gasteiger partial charge on any atom is 0.323 e. The Morgan fingerprint density at radius 2 is 2.11 bits per heavy atom. The largest absolute Gasteiger partial charge is 0.480 e. The SMILES string of the molecule is C[C@]1(c2ccc(F)cc2)CCc2nc(-c3cccs3)n(CC(=O)O)c(=O)c2N1. The molecule has 1 atom stereocenters. The third-order valence-corrected chi connectivity index (χ3v) is 5.89. The molecule has 1 aromatic carbocycles. The van der Waals surface area contributed by atoms with Crippen molar-refractivity contribution in [3.05, 3.63) is 69.2 Å². The van der Waals surface area contributed by atoms with Crippen LogP contribution in [-0.4, -0.2) is 20.6 Å². The van der Waals surface area contributed by atoms with E-state index in [-0.39, 0.29) is 5.82 Å². The van der Waals surface area contributed by atoms with Gasteiger partial charge in [-0.25, -0.2) is 9.37 Å². The number of carboxylic acid groups (broad SMARTS) is 1. The molecule has 0 radical (unpaired) electrons. The van der Waals surface area contributed by atoms with Crippen LogP contribution in [0.1, 0.15) is 24.6 Å². The Morgan fingerprint density at radius 3 is 2.75 bits per heavy atom. The van der Waals surface area contributed by atoms with Crippen molar-refractivity contribution < 1.29 is 14.3 Å². The number of carboxylic acids is 1. The van der Waals surface area contributed by atoms with E-state index in [0.29, 0.717) is 30.0 Å². The number of aryl methyl sites for hydroxylation is 1. The molecule has 0 saturated carbocycles. The molecule has 3 heterocycles. The van der Waals surface area contributed by atoms with Gasteiger partial charge in [0.1, 0.15) is 18.0 Å². The Bertz CT molecular complexity index is 1090. The Kier molecular flexibility index (Phi) is 4.50. The van der Waals surface area contributed by atoms with Gasteiger partial charge in [-0.15, -0.1) is 11.3 Å². The summed E-state index contributed by atoms with van der Waals surface area (Å²) in [7, 11) is 0. The summed E-state index contributed by atoms with van der Waals surface area (Å²) in [6.45, 7) is 1.47. The lowest BCUT2D eigenvalue weighted by molar-refractivity contribution is -0.137. The molecule has 2 aromatic heterocycles. The van der Waals surface area contributed by atoms with Crippen molar-refractivity contribution in [2.24, 2.45) is 0 Å². The lowest BCUT2D eigenvalue weighted by atomic mass is 9.83. The molecule has 2 N–H and O–H groups in total. The van der Waals surface area contributed by atoms with Crippen LogP contribution >= 0.6 is 11.3 Å². The fourth-order valence-electron chi connectivity index (χ4n) is 3.52. The molecule has 6 nitrogen and oxygen atoms in total. The van der Waals surface area contributed by atoms with E-state index in [4.69, 9.17) is 0 Å². The molecular formula is C20H18FN3O3S. The summed E-state index contributed by atoms with van der Waals surface area (Å²) < 4.78 is 14.5. The first-order valence-electron chi connectivity index (χ1n) is 8.81. The van der Waals surface area contributed by atoms with E-state index >= 15 is 0 Å². The van der Waals surface area contributed by atoms with Gasteiger partial charge in [-0.05, 0) is 48.9 Å². The van der Waals surface area contributed by atoms with Gasteiger partial charge in [-0.3, -0.25) is 14.2 Å². The number of hydrogen-bond acceptors (Lipinski definition) is 5. The molecule has 1 aliphatic heterocycles. The number of aromatic nitrogens is 2. The highest BCUT2D eigenvalue weighted by Crippen LogP contribution is 2.36. The Hall–Kier alpha value is -3.00. The molecule has 0 fully saturated rings. The highest BCUT2D eigenvalue weighted by molar-refractivity contribution is 7.13. The van der Waals surface area contributed by atoms with Gasteiger partial charge >= 0.3 is 5.97 Å². The van der Waals surface area contributed by atoms with Crippen LogP contribution in [0, 0.1) is 5.82 Å². The first-order valence-corrected chi connectivity index (χ1v) is 9.69. The fourth-order valence-corrected chi connectivity index (χ4v) is 4.24. The van der Waals surface area contributed by atoms with Crippen LogP contribution in [-0.2, 0) is 23.3 Å². The number of fused-ring (bicyclic) bond motifs is 1. The van der Waals surface area contributed by atoms with Gasteiger partial charge in [-0.1, -0.05) is 18.2 Å². The third kappa shape index (κ3) is 3.20. The number of hydrogen-bond donors (Lipinski definition) is 2. The summed E-state index contributed by atoms with van der Waals surface area (Å²) in [6.07, 6.45) is 1.22. The number of nitrogens with zero attached hydrogens (tertiary/aromatic N) is 2. The maximum atomic E-state index is 13.3. The lowest BCUT2D eigenvalue weighted by Gasteiger charge is -2.37. The summed E-state index contributed by atoms with van der Waals surface area (Å²) in [4.78, 5) is 29.9. The molecule has 4 rings (SSSR count). The fraction of sp³-hybridized carbons (Fsp3) is 0.250. The van der Waals surface area contributed by atoms with Crippen LogP contribution in [0.3, 0.4) is 0 Å². The zero-order valence-corrected chi connectivity index (χ0v) is 15.9. The van der Waals surface area contributed by atoms with E-state index in [0.717, 1.165) is 10.4 Å². The molecule has 144 valence electrons. The minimum absolute atomic E-state index is 0.305. The van der Waals surface area contributed by atoms with E-state index in [1.807, 2.05) is 24.4 Å². The number of anilines is 1. The Labute approximate surface area is 164 Å². The first kappa shape index (κ1) is 18.4. The second-order valence-corrected chi connectivity index (χ2v) is 7.93. The van der Waals surface area contributed by atoms with Crippen LogP contribution in [0.4, 0.5) is 10.1 Å². The number of halogens is 1. The summed E-state index contributed by atoms with van der Waals surface area (Å²) in [5, 5.41) is 14.4. The quantitative estimate of drug-likeness (QED) is 0.702. The predicted molar refractivity (Wildman–Crippen MR) is 105 cm³/mol. The van der Waals surface area contributed by atoms with Crippen molar-refractivity contribution >= 4 is 23.0 Å². The van der Waals surface area contributed by atoms with E-state index in [1.165, 1.54) is 28.0 Å². The summed E-state index contributed by atoms with van der Waals surface area (Å²) in [5.41, 5.74) is 0.789. The second kappa shape index (κ2) is 6.87. The topological polar surface area (TPSA) is 84.2 Å². The van der Waals surface area contributed by atoms with E-state index < -0.39 is 23.6 Å². The van der Waals surface area contributed by atoms with Gasteiger partial charge in [0.25, 0.3) is 5.56 Å². The molecule has 0 spiro atoms. The number of thiophene rings is 1. The molecule has 8 heteroatoms. The summed E-state index contributed by atoms with van der Waals surface area (Å²) >= 11 is 1.40. The Balaban J connectivity index is 1.83. The van der Waals surface area contributed by atoms with Gasteiger partial charge < -0.3 is 10.4 Å². The van der Waals surface area contributed by atoms with Gasteiger partial charge in [0.05, 0.1) is 16.1 Å². The molecule has 0 saturated heterocycles. The molecule has 1 aliphatic rings. The summed E-state index contributed by atoms with van der Waals surface area (Å²) in [5.74, 6) is -1.07. The van der Waals surface area contributed by atoms with Crippen molar-refractivity contribution in [2.75, 3.05) is 5.32 Å². The molecule has 0 amide bonds. The average Bonchev–Trinajstić information content (AvgIpc) is 3.19. The van der Waals surface area contributed by atoms with Crippen molar-refractivity contribution in [1.29, 1.82) is 0 Å². The number of benzene rings is 1. The maximum absolute atomic E-state index is 13.3. The number of aliphatic carboxylic acids is 1. The zero-order valence-electron chi connectivity index (χ0n) is 15.1. The molecule has 0 unspecified atom stereocenters. The standard InChI is InChI=1S/C20H18FN3O3S/c1-20(12-4-6-13(21)7-5-12)9-8-14-17(23-20)19(27)24(11-16(25)26)18(22-14)15-3-2-10-28-15/h2-7,10,23H,8-9,11H2,1H3,(H,25,26)/t20-/m1/s1. The normalized spacial score (nSPS) is 18.4. The predicted octanol–water partition coefficient (Wildman–Crippen LogP) is 3.47. The third-order valence-electron chi connectivity index (χ3n) is 5.02.